The number of nitrogens with one attached hydrogen (secondary N) is 2. The molecule has 0 radical (unpaired) electrons. The van der Waals surface area contributed by atoms with Crippen molar-refractivity contribution in [3.05, 3.63) is 45.8 Å². The van der Waals surface area contributed by atoms with Crippen molar-refractivity contribution in [1.29, 1.82) is 0 Å². The second kappa shape index (κ2) is 10.8. The number of fused-ring (bicyclic) bond motifs is 1. The topological polar surface area (TPSA) is 159 Å². The number of hydrogen-bond donors (Lipinski definition) is 3. The maximum absolute atomic E-state index is 13.2. The van der Waals surface area contributed by atoms with Crippen molar-refractivity contribution in [3.8, 4) is 0 Å². The highest BCUT2D eigenvalue weighted by Gasteiger charge is 2.32. The van der Waals surface area contributed by atoms with Gasteiger partial charge in [0.05, 0.1) is 17.0 Å². The van der Waals surface area contributed by atoms with Crippen LogP contribution in [0.2, 0.25) is 0 Å². The molecule has 1 saturated heterocycles. The van der Waals surface area contributed by atoms with E-state index >= 15 is 0 Å². The normalized spacial score (nSPS) is 19.9. The van der Waals surface area contributed by atoms with Crippen LogP contribution in [0.4, 0.5) is 9.80 Å². The van der Waals surface area contributed by atoms with Crippen LogP contribution in [0.25, 0.3) is 0 Å². The summed E-state index contributed by atoms with van der Waals surface area (Å²) in [7, 11) is -3.70. The summed E-state index contributed by atoms with van der Waals surface area (Å²) in [5, 5.41) is 4.99. The van der Waals surface area contributed by atoms with E-state index < -0.39 is 27.9 Å². The van der Waals surface area contributed by atoms with E-state index in [0.717, 1.165) is 22.6 Å². The molecule has 204 valence electrons. The predicted molar refractivity (Wildman–Crippen MR) is 142 cm³/mol. The van der Waals surface area contributed by atoms with E-state index in [1.54, 1.807) is 4.90 Å². The number of nitrogens with two attached hydrogens (primary N) is 1. The first-order valence-corrected chi connectivity index (χ1v) is 14.5. The number of sulfonamides is 1. The summed E-state index contributed by atoms with van der Waals surface area (Å²) in [4.78, 5) is 51.5. The minimum atomic E-state index is -3.70. The fourth-order valence-corrected chi connectivity index (χ4v) is 8.01. The first-order valence-electron chi connectivity index (χ1n) is 12.3. The molecule has 11 nitrogen and oxygen atoms in total. The lowest BCUT2D eigenvalue weighted by Crippen LogP contribution is -2.42. The Morgan fingerprint density at radius 3 is 2.24 bits per heavy atom. The van der Waals surface area contributed by atoms with Gasteiger partial charge in [0.1, 0.15) is 5.00 Å². The number of thiophene rings is 1. The Balaban J connectivity index is 1.57. The zero-order chi connectivity index (χ0) is 27.8. The van der Waals surface area contributed by atoms with Gasteiger partial charge in [0.2, 0.25) is 15.9 Å². The Morgan fingerprint density at radius 2 is 1.66 bits per heavy atom. The summed E-state index contributed by atoms with van der Waals surface area (Å²) in [6.45, 7) is 7.10. The minimum absolute atomic E-state index is 0.104. The third-order valence-corrected chi connectivity index (χ3v) is 9.76. The van der Waals surface area contributed by atoms with E-state index in [2.05, 4.69) is 5.32 Å². The molecule has 1 fully saturated rings. The maximum Gasteiger partial charge on any atom is 0.319 e. The molecule has 2 aromatic rings. The fourth-order valence-electron chi connectivity index (χ4n) is 5.08. The molecule has 0 aliphatic carbocycles. The quantitative estimate of drug-likeness (QED) is 0.508. The lowest BCUT2D eigenvalue weighted by Gasteiger charge is -2.34. The molecular formula is C25H31N5O6S2. The highest BCUT2D eigenvalue weighted by atomic mass is 32.2. The molecule has 3 heterocycles. The number of nitrogens with zero attached hydrogens (tertiary/aromatic N) is 2. The van der Waals surface area contributed by atoms with E-state index in [1.807, 2.05) is 19.2 Å². The van der Waals surface area contributed by atoms with E-state index in [1.165, 1.54) is 35.5 Å². The second-order valence-corrected chi connectivity index (χ2v) is 13.0. The van der Waals surface area contributed by atoms with Gasteiger partial charge in [-0.1, -0.05) is 13.8 Å². The van der Waals surface area contributed by atoms with Gasteiger partial charge in [-0.15, -0.1) is 11.3 Å². The Morgan fingerprint density at radius 1 is 1.03 bits per heavy atom. The van der Waals surface area contributed by atoms with Gasteiger partial charge in [-0.05, 0) is 54.5 Å². The molecule has 0 spiro atoms. The van der Waals surface area contributed by atoms with Crippen LogP contribution in [0, 0.1) is 11.8 Å². The van der Waals surface area contributed by atoms with Crippen LogP contribution in [0.3, 0.4) is 0 Å². The van der Waals surface area contributed by atoms with Crippen LogP contribution in [0.5, 0.6) is 0 Å². The molecule has 1 aromatic heterocycles. The smallest absolute Gasteiger partial charge is 0.319 e. The van der Waals surface area contributed by atoms with Crippen LogP contribution in [0.1, 0.15) is 58.3 Å². The zero-order valence-corrected chi connectivity index (χ0v) is 23.1. The monoisotopic (exact) mass is 561 g/mol. The first-order chi connectivity index (χ1) is 17.9. The lowest BCUT2D eigenvalue weighted by molar-refractivity contribution is -0.129. The van der Waals surface area contributed by atoms with Crippen molar-refractivity contribution in [2.75, 3.05) is 25.0 Å². The van der Waals surface area contributed by atoms with Crippen molar-refractivity contribution < 1.29 is 27.6 Å². The molecule has 2 atom stereocenters. The average Bonchev–Trinajstić information content (AvgIpc) is 3.20. The van der Waals surface area contributed by atoms with Gasteiger partial charge in [0.15, 0.2) is 0 Å². The van der Waals surface area contributed by atoms with Gasteiger partial charge in [-0.3, -0.25) is 19.7 Å². The Labute approximate surface area is 225 Å². The number of anilines is 1. The van der Waals surface area contributed by atoms with Crippen LogP contribution in [-0.4, -0.2) is 61.0 Å². The SMILES string of the molecule is CC(=O)N1CCc2c(sc(NC(=O)c3ccc(S(=O)(=O)N4CC(C)CC(C)C4)cc3)c2C(=O)NC(N)=O)C1. The predicted octanol–water partition coefficient (Wildman–Crippen LogP) is 2.38. The number of urea groups is 1. The molecule has 2 unspecified atom stereocenters. The summed E-state index contributed by atoms with van der Waals surface area (Å²) in [6.07, 6.45) is 1.35. The average molecular weight is 562 g/mol. The molecule has 4 rings (SSSR count). The van der Waals surface area contributed by atoms with E-state index in [0.29, 0.717) is 31.6 Å². The third-order valence-electron chi connectivity index (χ3n) is 6.78. The first kappa shape index (κ1) is 27.7. The largest absolute Gasteiger partial charge is 0.351 e. The highest BCUT2D eigenvalue weighted by molar-refractivity contribution is 7.89. The number of carbonyl (C=O) groups is 4. The molecule has 38 heavy (non-hydrogen) atoms. The van der Waals surface area contributed by atoms with Crippen LogP contribution >= 0.6 is 11.3 Å². The maximum atomic E-state index is 13.2. The second-order valence-electron chi connectivity index (χ2n) is 9.96. The molecule has 13 heteroatoms. The fraction of sp³-hybridized carbons (Fsp3) is 0.440. The number of rotatable bonds is 5. The van der Waals surface area contributed by atoms with Gasteiger partial charge in [0, 0.05) is 37.0 Å². The minimum Gasteiger partial charge on any atom is -0.351 e. The molecule has 2 aliphatic rings. The molecule has 5 amide bonds. The van der Waals surface area contributed by atoms with Crippen molar-refractivity contribution in [1.82, 2.24) is 14.5 Å². The number of hydrogen-bond acceptors (Lipinski definition) is 7. The number of piperidine rings is 1. The van der Waals surface area contributed by atoms with E-state index in [4.69, 9.17) is 5.73 Å². The van der Waals surface area contributed by atoms with Crippen molar-refractivity contribution in [2.24, 2.45) is 17.6 Å². The number of primary amides is 1. The van der Waals surface area contributed by atoms with Crippen molar-refractivity contribution >= 4 is 50.1 Å². The van der Waals surface area contributed by atoms with Gasteiger partial charge < -0.3 is 16.0 Å². The van der Waals surface area contributed by atoms with E-state index in [-0.39, 0.29) is 45.3 Å². The number of carbonyl (C=O) groups excluding carboxylic acids is 4. The number of imide groups is 1. The third kappa shape index (κ3) is 5.74. The van der Waals surface area contributed by atoms with Gasteiger partial charge in [-0.2, -0.15) is 4.31 Å². The van der Waals surface area contributed by atoms with Crippen LogP contribution in [-0.2, 0) is 27.8 Å². The Bertz CT molecular complexity index is 1380. The standard InChI is InChI=1S/C25H31N5O6S2/c1-14-10-15(2)12-30(11-14)38(35,36)18-6-4-17(5-7-18)22(32)27-24-21(23(33)28-25(26)34)19-8-9-29(16(3)31)13-20(19)37-24/h4-7,14-15H,8-13H2,1-3H3,(H,27,32)(H3,26,28,33,34). The summed E-state index contributed by atoms with van der Waals surface area (Å²) < 4.78 is 27.8. The molecular weight excluding hydrogens is 530 g/mol. The van der Waals surface area contributed by atoms with Gasteiger partial charge in [0.25, 0.3) is 11.8 Å². The van der Waals surface area contributed by atoms with Gasteiger partial charge >= 0.3 is 6.03 Å². The molecule has 2 aliphatic heterocycles. The Kier molecular flexibility index (Phi) is 7.90. The van der Waals surface area contributed by atoms with Crippen molar-refractivity contribution in [3.63, 3.8) is 0 Å². The lowest BCUT2D eigenvalue weighted by atomic mass is 9.94. The van der Waals surface area contributed by atoms with E-state index in [9.17, 15) is 27.6 Å². The summed E-state index contributed by atoms with van der Waals surface area (Å²) in [5.74, 6) is -0.879. The number of amides is 5. The molecule has 0 saturated carbocycles. The molecule has 4 N–H and O–H groups in total. The summed E-state index contributed by atoms with van der Waals surface area (Å²) in [6, 6.07) is 4.63. The molecule has 0 bridgehead atoms. The van der Waals surface area contributed by atoms with Crippen LogP contribution < -0.4 is 16.4 Å². The summed E-state index contributed by atoms with van der Waals surface area (Å²) in [5.41, 5.74) is 6.11. The van der Waals surface area contributed by atoms with Crippen LogP contribution in [0.15, 0.2) is 29.2 Å². The summed E-state index contributed by atoms with van der Waals surface area (Å²) >= 11 is 1.15. The molecule has 1 aromatic carbocycles. The highest BCUT2D eigenvalue weighted by Crippen LogP contribution is 2.37. The van der Waals surface area contributed by atoms with Gasteiger partial charge in [-0.25, -0.2) is 13.2 Å². The van der Waals surface area contributed by atoms with Crippen molar-refractivity contribution in [2.45, 2.75) is 45.1 Å². The zero-order valence-electron chi connectivity index (χ0n) is 21.4. The number of benzene rings is 1. The Hall–Kier alpha value is -3.29.